The summed E-state index contributed by atoms with van der Waals surface area (Å²) in [6, 6.07) is 3.86. The van der Waals surface area contributed by atoms with Gasteiger partial charge in [0.25, 0.3) is 5.91 Å². The van der Waals surface area contributed by atoms with Crippen LogP contribution in [0.3, 0.4) is 0 Å². The summed E-state index contributed by atoms with van der Waals surface area (Å²) >= 11 is 0. The minimum Gasteiger partial charge on any atom is -0.471 e. The fourth-order valence-corrected chi connectivity index (χ4v) is 2.70. The van der Waals surface area contributed by atoms with Gasteiger partial charge in [-0.1, -0.05) is 5.16 Å². The Morgan fingerprint density at radius 3 is 2.71 bits per heavy atom. The minimum atomic E-state index is -0.213. The van der Waals surface area contributed by atoms with Gasteiger partial charge in [0.05, 0.1) is 18.0 Å². The summed E-state index contributed by atoms with van der Waals surface area (Å²) in [4.78, 5) is 24.6. The molecule has 1 N–H and O–H groups in total. The first-order chi connectivity index (χ1) is 13.6. The van der Waals surface area contributed by atoms with Crippen LogP contribution in [0.4, 0.5) is 0 Å². The van der Waals surface area contributed by atoms with E-state index < -0.39 is 0 Å². The first-order valence-corrected chi connectivity index (χ1v) is 9.21. The molecule has 0 radical (unpaired) electrons. The van der Waals surface area contributed by atoms with Crippen molar-refractivity contribution < 1.29 is 14.1 Å². The Labute approximate surface area is 162 Å². The number of nitrogens with zero attached hydrogens (tertiary/aromatic N) is 4. The number of nitrogens with one attached hydrogen (secondary N) is 1. The molecule has 3 heterocycles. The molecule has 1 fully saturated rings. The van der Waals surface area contributed by atoms with Crippen molar-refractivity contribution in [2.24, 2.45) is 5.92 Å². The number of aromatic nitrogens is 4. The van der Waals surface area contributed by atoms with Crippen molar-refractivity contribution in [3.63, 3.8) is 0 Å². The lowest BCUT2D eigenvalue weighted by Crippen LogP contribution is -2.26. The zero-order valence-electron chi connectivity index (χ0n) is 15.8. The topological polar surface area (TPSA) is 103 Å². The van der Waals surface area contributed by atoms with Crippen LogP contribution in [-0.2, 0) is 6.61 Å². The van der Waals surface area contributed by atoms with E-state index in [1.165, 1.54) is 25.2 Å². The van der Waals surface area contributed by atoms with E-state index in [9.17, 15) is 4.79 Å². The molecule has 3 aromatic heterocycles. The second-order valence-electron chi connectivity index (χ2n) is 6.94. The summed E-state index contributed by atoms with van der Waals surface area (Å²) in [6.45, 7) is 4.68. The third-order valence-corrected chi connectivity index (χ3v) is 4.64. The zero-order chi connectivity index (χ0) is 19.5. The number of pyridine rings is 1. The van der Waals surface area contributed by atoms with Crippen LogP contribution in [0.15, 0.2) is 35.2 Å². The molecule has 0 atom stereocenters. The fourth-order valence-electron chi connectivity index (χ4n) is 2.70. The highest BCUT2D eigenvalue weighted by atomic mass is 16.5. The van der Waals surface area contributed by atoms with Crippen LogP contribution < -0.4 is 10.1 Å². The Hall–Kier alpha value is -3.29. The molecule has 0 aliphatic heterocycles. The van der Waals surface area contributed by atoms with Gasteiger partial charge in [0, 0.05) is 24.0 Å². The van der Waals surface area contributed by atoms with E-state index in [2.05, 4.69) is 25.4 Å². The van der Waals surface area contributed by atoms with E-state index in [1.54, 1.807) is 6.20 Å². The molecule has 1 amide bonds. The first-order valence-electron chi connectivity index (χ1n) is 9.21. The van der Waals surface area contributed by atoms with Crippen molar-refractivity contribution in [1.82, 2.24) is 25.4 Å². The lowest BCUT2D eigenvalue weighted by atomic mass is 10.1. The molecule has 1 saturated carbocycles. The summed E-state index contributed by atoms with van der Waals surface area (Å²) in [5, 5.41) is 6.98. The molecule has 8 nitrogen and oxygen atoms in total. The molecule has 1 aliphatic rings. The van der Waals surface area contributed by atoms with E-state index in [0.29, 0.717) is 29.8 Å². The van der Waals surface area contributed by atoms with Crippen molar-refractivity contribution in [3.05, 3.63) is 53.4 Å². The summed E-state index contributed by atoms with van der Waals surface area (Å²) in [7, 11) is 0. The van der Waals surface area contributed by atoms with E-state index in [1.807, 2.05) is 26.0 Å². The van der Waals surface area contributed by atoms with Crippen molar-refractivity contribution in [1.29, 1.82) is 0 Å². The van der Waals surface area contributed by atoms with Crippen molar-refractivity contribution in [2.45, 2.75) is 33.3 Å². The van der Waals surface area contributed by atoms with Crippen LogP contribution >= 0.6 is 0 Å². The van der Waals surface area contributed by atoms with E-state index in [4.69, 9.17) is 9.26 Å². The van der Waals surface area contributed by atoms with Gasteiger partial charge in [-0.05, 0) is 44.7 Å². The van der Waals surface area contributed by atoms with Gasteiger partial charge < -0.3 is 14.6 Å². The molecule has 1 aliphatic carbocycles. The Morgan fingerprint density at radius 2 is 2.04 bits per heavy atom. The monoisotopic (exact) mass is 379 g/mol. The third kappa shape index (κ3) is 4.16. The lowest BCUT2D eigenvalue weighted by molar-refractivity contribution is 0.0946. The summed E-state index contributed by atoms with van der Waals surface area (Å²) in [5.74, 6) is 1.39. The molecule has 0 spiro atoms. The molecule has 144 valence electrons. The second-order valence-corrected chi connectivity index (χ2v) is 6.94. The molecule has 0 aromatic carbocycles. The molecule has 8 heteroatoms. The fraction of sp³-hybridized carbons (Fsp3) is 0.350. The maximum Gasteiger partial charge on any atom is 0.271 e. The standard InChI is InChI=1S/C20H21N5O3/c1-12-3-6-15(8-21-12)19-16(13(2)28-25-19)11-27-18-10-22-17(9-23-18)20(26)24-7-14-4-5-14/h3,6,8-10,14H,4-5,7,11H2,1-2H3,(H,24,26). The van der Waals surface area contributed by atoms with Gasteiger partial charge in [-0.3, -0.25) is 9.78 Å². The molecule has 0 saturated heterocycles. The van der Waals surface area contributed by atoms with E-state index >= 15 is 0 Å². The number of carbonyl (C=O) groups excluding carboxylic acids is 1. The van der Waals surface area contributed by atoms with Crippen molar-refractivity contribution in [2.75, 3.05) is 6.54 Å². The molecule has 3 aromatic rings. The molecular formula is C20H21N5O3. The number of hydrogen-bond acceptors (Lipinski definition) is 7. The average molecular weight is 379 g/mol. The summed E-state index contributed by atoms with van der Waals surface area (Å²) < 4.78 is 11.1. The number of aryl methyl sites for hydroxylation is 2. The van der Waals surface area contributed by atoms with Crippen LogP contribution in [0.1, 0.15) is 40.3 Å². The van der Waals surface area contributed by atoms with Gasteiger partial charge in [0.1, 0.15) is 23.8 Å². The molecule has 0 unspecified atom stereocenters. The van der Waals surface area contributed by atoms with E-state index in [0.717, 1.165) is 16.8 Å². The van der Waals surface area contributed by atoms with Gasteiger partial charge in [-0.15, -0.1) is 0 Å². The quantitative estimate of drug-likeness (QED) is 0.673. The third-order valence-electron chi connectivity index (χ3n) is 4.64. The van der Waals surface area contributed by atoms with Crippen molar-refractivity contribution >= 4 is 5.91 Å². The average Bonchev–Trinajstić information content (AvgIpc) is 3.47. The maximum absolute atomic E-state index is 12.0. The van der Waals surface area contributed by atoms with Gasteiger partial charge in [-0.2, -0.15) is 0 Å². The number of rotatable bonds is 7. The van der Waals surface area contributed by atoms with Crippen LogP contribution in [0.2, 0.25) is 0 Å². The predicted octanol–water partition coefficient (Wildman–Crippen LogP) is 2.86. The Balaban J connectivity index is 1.41. The van der Waals surface area contributed by atoms with Gasteiger partial charge in [0.2, 0.25) is 5.88 Å². The van der Waals surface area contributed by atoms with Crippen LogP contribution in [0, 0.1) is 19.8 Å². The Morgan fingerprint density at radius 1 is 1.18 bits per heavy atom. The van der Waals surface area contributed by atoms with Gasteiger partial charge >= 0.3 is 0 Å². The smallest absolute Gasteiger partial charge is 0.271 e. The van der Waals surface area contributed by atoms with Crippen LogP contribution in [-0.4, -0.2) is 32.6 Å². The predicted molar refractivity (Wildman–Crippen MR) is 101 cm³/mol. The number of ether oxygens (including phenoxy) is 1. The number of amides is 1. The van der Waals surface area contributed by atoms with E-state index in [-0.39, 0.29) is 18.2 Å². The van der Waals surface area contributed by atoms with Crippen LogP contribution in [0.5, 0.6) is 5.88 Å². The van der Waals surface area contributed by atoms with Gasteiger partial charge in [0.15, 0.2) is 0 Å². The number of hydrogen-bond donors (Lipinski definition) is 1. The largest absolute Gasteiger partial charge is 0.471 e. The highest BCUT2D eigenvalue weighted by Gasteiger charge is 2.22. The van der Waals surface area contributed by atoms with Crippen LogP contribution in [0.25, 0.3) is 11.3 Å². The molecule has 28 heavy (non-hydrogen) atoms. The van der Waals surface area contributed by atoms with Crippen molar-refractivity contribution in [3.8, 4) is 17.1 Å². The Kier molecular flexibility index (Phi) is 5.01. The van der Waals surface area contributed by atoms with Gasteiger partial charge in [-0.25, -0.2) is 9.97 Å². The maximum atomic E-state index is 12.0. The lowest BCUT2D eigenvalue weighted by Gasteiger charge is -2.07. The minimum absolute atomic E-state index is 0.213. The second kappa shape index (κ2) is 7.75. The zero-order valence-corrected chi connectivity index (χ0v) is 15.8. The first kappa shape index (κ1) is 18.1. The SMILES string of the molecule is Cc1ccc(-c2noc(C)c2COc2cnc(C(=O)NCC3CC3)cn2)cn1. The molecule has 4 rings (SSSR count). The highest BCUT2D eigenvalue weighted by Crippen LogP contribution is 2.28. The molecular weight excluding hydrogens is 358 g/mol. The summed E-state index contributed by atoms with van der Waals surface area (Å²) in [5.41, 5.74) is 3.57. The normalized spacial score (nSPS) is 13.4. The Bertz CT molecular complexity index is 963. The summed E-state index contributed by atoms with van der Waals surface area (Å²) in [6.07, 6.45) is 6.99. The highest BCUT2D eigenvalue weighted by molar-refractivity contribution is 5.91. The molecule has 0 bridgehead atoms. The number of carbonyl (C=O) groups is 1.